The van der Waals surface area contributed by atoms with E-state index in [0.717, 1.165) is 0 Å². The summed E-state index contributed by atoms with van der Waals surface area (Å²) < 4.78 is 1.77. The van der Waals surface area contributed by atoms with Gasteiger partial charge in [0.1, 0.15) is 5.52 Å². The fraction of sp³-hybridized carbons (Fsp3) is 0.133. The van der Waals surface area contributed by atoms with Crippen LogP contribution in [0, 0.1) is 0 Å². The Morgan fingerprint density at radius 1 is 1.26 bits per heavy atom. The second-order valence-corrected chi connectivity index (χ2v) is 5.68. The van der Waals surface area contributed by atoms with Crippen LogP contribution in [0.1, 0.15) is 10.4 Å². The predicted octanol–water partition coefficient (Wildman–Crippen LogP) is 3.38. The van der Waals surface area contributed by atoms with Gasteiger partial charge in [0, 0.05) is 20.3 Å². The molecule has 0 unspecified atom stereocenters. The zero-order valence-electron chi connectivity index (χ0n) is 12.4. The van der Waals surface area contributed by atoms with Crippen LogP contribution in [-0.4, -0.2) is 27.5 Å². The molecule has 23 heavy (non-hydrogen) atoms. The highest BCUT2D eigenvalue weighted by atomic mass is 35.5. The van der Waals surface area contributed by atoms with E-state index in [1.54, 1.807) is 35.9 Å². The van der Waals surface area contributed by atoms with E-state index in [-0.39, 0.29) is 5.91 Å². The first-order valence-corrected chi connectivity index (χ1v) is 7.52. The molecule has 2 heterocycles. The highest BCUT2D eigenvalue weighted by Crippen LogP contribution is 2.32. The number of aromatic nitrogens is 3. The van der Waals surface area contributed by atoms with Crippen LogP contribution in [0.25, 0.3) is 11.2 Å². The van der Waals surface area contributed by atoms with Gasteiger partial charge in [0.25, 0.3) is 5.91 Å². The molecule has 6 nitrogen and oxygen atoms in total. The number of rotatable bonds is 3. The molecule has 0 spiro atoms. The first-order valence-electron chi connectivity index (χ1n) is 6.77. The molecule has 3 aromatic rings. The molecule has 0 fully saturated rings. The van der Waals surface area contributed by atoms with Crippen LogP contribution in [0.15, 0.2) is 30.5 Å². The maximum absolute atomic E-state index is 11.7. The van der Waals surface area contributed by atoms with Gasteiger partial charge in [-0.15, -0.1) is 0 Å². The van der Waals surface area contributed by atoms with Gasteiger partial charge in [-0.3, -0.25) is 9.36 Å². The minimum atomic E-state index is -0.214. The van der Waals surface area contributed by atoms with Crippen molar-refractivity contribution in [3.8, 4) is 0 Å². The van der Waals surface area contributed by atoms with E-state index >= 15 is 0 Å². The number of fused-ring (bicyclic) bond motifs is 1. The average molecular weight is 350 g/mol. The number of para-hydroxylation sites is 1. The monoisotopic (exact) mass is 349 g/mol. The van der Waals surface area contributed by atoms with Crippen molar-refractivity contribution >= 4 is 51.9 Å². The van der Waals surface area contributed by atoms with Crippen LogP contribution >= 0.6 is 23.2 Å². The van der Waals surface area contributed by atoms with Crippen LogP contribution in [0.4, 0.5) is 11.6 Å². The number of anilines is 2. The van der Waals surface area contributed by atoms with E-state index in [0.29, 0.717) is 38.4 Å². The Morgan fingerprint density at radius 3 is 2.61 bits per heavy atom. The maximum Gasteiger partial charge on any atom is 0.252 e. The summed E-state index contributed by atoms with van der Waals surface area (Å²) in [6, 6.07) is 6.92. The molecule has 0 atom stereocenters. The van der Waals surface area contributed by atoms with Crippen LogP contribution < -0.4 is 10.6 Å². The van der Waals surface area contributed by atoms with Gasteiger partial charge in [-0.1, -0.05) is 29.3 Å². The summed E-state index contributed by atoms with van der Waals surface area (Å²) in [6.07, 6.45) is 1.51. The Morgan fingerprint density at radius 2 is 1.96 bits per heavy atom. The van der Waals surface area contributed by atoms with Gasteiger partial charge in [0.2, 0.25) is 5.95 Å². The summed E-state index contributed by atoms with van der Waals surface area (Å²) in [4.78, 5) is 20.4. The fourth-order valence-corrected chi connectivity index (χ4v) is 2.68. The van der Waals surface area contributed by atoms with Crippen molar-refractivity contribution in [2.24, 2.45) is 7.05 Å². The van der Waals surface area contributed by atoms with Crippen LogP contribution in [0.3, 0.4) is 0 Å². The lowest BCUT2D eigenvalue weighted by Crippen LogP contribution is -2.17. The van der Waals surface area contributed by atoms with Crippen molar-refractivity contribution in [3.63, 3.8) is 0 Å². The number of hydrogen-bond acceptors (Lipinski definition) is 4. The minimum Gasteiger partial charge on any atom is -0.355 e. The summed E-state index contributed by atoms with van der Waals surface area (Å²) in [7, 11) is 3.38. The number of benzene rings is 1. The molecule has 2 N–H and O–H groups in total. The molecule has 1 aromatic carbocycles. The van der Waals surface area contributed by atoms with E-state index in [4.69, 9.17) is 23.2 Å². The van der Waals surface area contributed by atoms with E-state index in [1.165, 1.54) is 6.20 Å². The normalized spacial score (nSPS) is 10.8. The fourth-order valence-electron chi connectivity index (χ4n) is 2.19. The maximum atomic E-state index is 11.7. The Balaban J connectivity index is 2.05. The van der Waals surface area contributed by atoms with Gasteiger partial charge in [-0.05, 0) is 18.2 Å². The van der Waals surface area contributed by atoms with E-state index in [9.17, 15) is 4.79 Å². The summed E-state index contributed by atoms with van der Waals surface area (Å²) in [5, 5.41) is 6.65. The Kier molecular flexibility index (Phi) is 4.11. The molecule has 0 saturated heterocycles. The minimum absolute atomic E-state index is 0.214. The Bertz CT molecular complexity index is 886. The average Bonchev–Trinajstić information content (AvgIpc) is 2.86. The van der Waals surface area contributed by atoms with Gasteiger partial charge in [-0.2, -0.15) is 0 Å². The number of imidazole rings is 1. The van der Waals surface area contributed by atoms with Crippen molar-refractivity contribution in [2.45, 2.75) is 0 Å². The number of carbonyl (C=O) groups excluding carboxylic acids is 1. The third-order valence-electron chi connectivity index (χ3n) is 3.40. The summed E-state index contributed by atoms with van der Waals surface area (Å²) in [5.74, 6) is 0.310. The SMILES string of the molecule is CNC(=O)c1cnc2c(c1)nc(Nc1c(Cl)cccc1Cl)n2C. The summed E-state index contributed by atoms with van der Waals surface area (Å²) in [6.45, 7) is 0. The molecule has 1 amide bonds. The first kappa shape index (κ1) is 15.6. The number of nitrogens with one attached hydrogen (secondary N) is 2. The molecule has 118 valence electrons. The number of nitrogens with zero attached hydrogens (tertiary/aromatic N) is 3. The number of amides is 1. The lowest BCUT2D eigenvalue weighted by atomic mass is 10.2. The molecule has 0 aliphatic rings. The van der Waals surface area contributed by atoms with Gasteiger partial charge in [-0.25, -0.2) is 9.97 Å². The Hall–Kier alpha value is -2.31. The van der Waals surface area contributed by atoms with Crippen molar-refractivity contribution in [2.75, 3.05) is 12.4 Å². The molecular weight excluding hydrogens is 337 g/mol. The largest absolute Gasteiger partial charge is 0.355 e. The number of hydrogen-bond donors (Lipinski definition) is 2. The summed E-state index contributed by atoms with van der Waals surface area (Å²) >= 11 is 12.3. The quantitative estimate of drug-likeness (QED) is 0.760. The zero-order chi connectivity index (χ0) is 16.6. The zero-order valence-corrected chi connectivity index (χ0v) is 13.9. The van der Waals surface area contributed by atoms with Crippen LogP contribution in [-0.2, 0) is 7.05 Å². The number of halogens is 2. The standard InChI is InChI=1S/C15H13Cl2N5O/c1-18-14(23)8-6-11-13(19-7-8)22(2)15(20-11)21-12-9(16)4-3-5-10(12)17/h3-7H,1-2H3,(H,18,23)(H,20,21). The number of carbonyl (C=O) groups is 1. The van der Waals surface area contributed by atoms with Gasteiger partial charge >= 0.3 is 0 Å². The van der Waals surface area contributed by atoms with E-state index < -0.39 is 0 Å². The van der Waals surface area contributed by atoms with Crippen LogP contribution in [0.5, 0.6) is 0 Å². The highest BCUT2D eigenvalue weighted by molar-refractivity contribution is 6.39. The second kappa shape index (κ2) is 6.06. The molecule has 0 aliphatic heterocycles. The van der Waals surface area contributed by atoms with Gasteiger partial charge in [0.05, 0.1) is 21.3 Å². The molecule has 0 radical (unpaired) electrons. The highest BCUT2D eigenvalue weighted by Gasteiger charge is 2.14. The van der Waals surface area contributed by atoms with Crippen molar-refractivity contribution in [1.82, 2.24) is 19.9 Å². The Labute approximate surface area is 142 Å². The third kappa shape index (κ3) is 2.83. The topological polar surface area (TPSA) is 71.8 Å². The third-order valence-corrected chi connectivity index (χ3v) is 4.03. The predicted molar refractivity (Wildman–Crippen MR) is 91.6 cm³/mol. The molecule has 0 saturated carbocycles. The molecule has 2 aromatic heterocycles. The molecule has 3 rings (SSSR count). The number of pyridine rings is 1. The first-order chi connectivity index (χ1) is 11.0. The van der Waals surface area contributed by atoms with E-state index in [2.05, 4.69) is 20.6 Å². The van der Waals surface area contributed by atoms with Crippen molar-refractivity contribution in [1.29, 1.82) is 0 Å². The molecule has 0 bridgehead atoms. The van der Waals surface area contributed by atoms with E-state index in [1.807, 2.05) is 7.05 Å². The lowest BCUT2D eigenvalue weighted by Gasteiger charge is -2.09. The lowest BCUT2D eigenvalue weighted by molar-refractivity contribution is 0.0963. The molecule has 8 heteroatoms. The molecular formula is C15H13Cl2N5O. The van der Waals surface area contributed by atoms with Crippen molar-refractivity contribution < 1.29 is 4.79 Å². The number of aryl methyl sites for hydroxylation is 1. The van der Waals surface area contributed by atoms with Crippen molar-refractivity contribution in [3.05, 3.63) is 46.1 Å². The smallest absolute Gasteiger partial charge is 0.252 e. The molecule has 0 aliphatic carbocycles. The van der Waals surface area contributed by atoms with Gasteiger partial charge in [0.15, 0.2) is 5.65 Å². The van der Waals surface area contributed by atoms with Gasteiger partial charge < -0.3 is 10.6 Å². The van der Waals surface area contributed by atoms with Crippen LogP contribution in [0.2, 0.25) is 10.0 Å². The summed E-state index contributed by atoms with van der Waals surface area (Å²) in [5.41, 5.74) is 2.25. The second-order valence-electron chi connectivity index (χ2n) is 4.86.